The maximum atomic E-state index is 13.1. The normalized spacial score (nSPS) is 14.1. The Morgan fingerprint density at radius 2 is 1.21 bits per heavy atom. The number of benzene rings is 2. The van der Waals surface area contributed by atoms with E-state index in [1.165, 1.54) is 11.1 Å². The predicted octanol–water partition coefficient (Wildman–Crippen LogP) is 5.90. The molecule has 0 fully saturated rings. The molecule has 0 radical (unpaired) electrons. The molecular weight excluding hydrogens is 235 g/mol. The molecule has 0 spiro atoms. The first kappa shape index (κ1) is 13.8. The van der Waals surface area contributed by atoms with Crippen molar-refractivity contribution in [3.63, 3.8) is 0 Å². The highest BCUT2D eigenvalue weighted by Gasteiger charge is 2.05. The van der Waals surface area contributed by atoms with Crippen LogP contribution in [0, 0.1) is 0 Å². The molecule has 2 atom stereocenters. The molecule has 0 saturated carbocycles. The Labute approximate surface area is 115 Å². The lowest BCUT2D eigenvalue weighted by Crippen LogP contribution is -1.91. The van der Waals surface area contributed by atoms with Crippen molar-refractivity contribution in [1.82, 2.24) is 0 Å². The molecule has 2 aromatic rings. The fourth-order valence-electron chi connectivity index (χ4n) is 2.18. The summed E-state index contributed by atoms with van der Waals surface area (Å²) in [7, 11) is 0. The fraction of sp³-hybridized carbons (Fsp3) is 0.333. The summed E-state index contributed by atoms with van der Waals surface area (Å²) in [6.45, 7) is 6.01. The molecule has 100 valence electrons. The maximum Gasteiger partial charge on any atom is 0.122 e. The summed E-state index contributed by atoms with van der Waals surface area (Å²) in [5, 5.41) is 0. The molecule has 0 saturated heterocycles. The zero-order chi connectivity index (χ0) is 13.8. The van der Waals surface area contributed by atoms with E-state index in [2.05, 4.69) is 38.1 Å². The van der Waals surface area contributed by atoms with Crippen LogP contribution in [-0.4, -0.2) is 0 Å². The van der Waals surface area contributed by atoms with Gasteiger partial charge in [-0.1, -0.05) is 62.4 Å². The molecular formula is C18H21F. The van der Waals surface area contributed by atoms with E-state index in [-0.39, 0.29) is 0 Å². The van der Waals surface area contributed by atoms with Crippen molar-refractivity contribution < 1.29 is 4.39 Å². The molecule has 19 heavy (non-hydrogen) atoms. The summed E-state index contributed by atoms with van der Waals surface area (Å²) in [5.41, 5.74) is 4.44. The van der Waals surface area contributed by atoms with Crippen LogP contribution in [-0.2, 0) is 0 Å². The molecule has 0 aromatic heterocycles. The first-order valence-electron chi connectivity index (χ1n) is 6.96. The summed E-state index contributed by atoms with van der Waals surface area (Å²) in [4.78, 5) is 0. The maximum absolute atomic E-state index is 13.1. The van der Waals surface area contributed by atoms with Crippen molar-refractivity contribution in [2.24, 2.45) is 0 Å². The van der Waals surface area contributed by atoms with Crippen molar-refractivity contribution in [3.8, 4) is 11.1 Å². The Kier molecular flexibility index (Phi) is 4.36. The van der Waals surface area contributed by atoms with Crippen LogP contribution < -0.4 is 0 Å². The largest absolute Gasteiger partial charge is 0.243 e. The van der Waals surface area contributed by atoms with Crippen molar-refractivity contribution >= 4 is 0 Å². The summed E-state index contributed by atoms with van der Waals surface area (Å²) in [6.07, 6.45) is 0.254. The molecule has 0 aliphatic heterocycles. The highest BCUT2D eigenvalue weighted by molar-refractivity contribution is 5.64. The van der Waals surface area contributed by atoms with Crippen molar-refractivity contribution in [1.29, 1.82) is 0 Å². The first-order valence-corrected chi connectivity index (χ1v) is 6.96. The lowest BCUT2D eigenvalue weighted by Gasteiger charge is -2.10. The third kappa shape index (κ3) is 3.23. The number of halogens is 1. The fourth-order valence-corrected chi connectivity index (χ4v) is 2.18. The smallest absolute Gasteiger partial charge is 0.122 e. The van der Waals surface area contributed by atoms with E-state index in [1.54, 1.807) is 6.92 Å². The van der Waals surface area contributed by atoms with Gasteiger partial charge in [-0.25, -0.2) is 4.39 Å². The molecule has 0 aliphatic rings. The highest BCUT2D eigenvalue weighted by Crippen LogP contribution is 2.26. The molecule has 0 nitrogen and oxygen atoms in total. The zero-order valence-electron chi connectivity index (χ0n) is 11.9. The van der Waals surface area contributed by atoms with E-state index >= 15 is 0 Å². The average Bonchev–Trinajstić information content (AvgIpc) is 2.46. The molecule has 1 heteroatoms. The molecule has 2 rings (SSSR count). The van der Waals surface area contributed by atoms with Crippen molar-refractivity contribution in [2.75, 3.05) is 0 Å². The van der Waals surface area contributed by atoms with Crippen LogP contribution in [0.5, 0.6) is 0 Å². The van der Waals surface area contributed by atoms with Crippen LogP contribution in [0.4, 0.5) is 4.39 Å². The Hall–Kier alpha value is -1.63. The van der Waals surface area contributed by atoms with Crippen LogP contribution in [0.25, 0.3) is 11.1 Å². The lowest BCUT2D eigenvalue weighted by atomic mass is 9.95. The zero-order valence-corrected chi connectivity index (χ0v) is 11.9. The minimum Gasteiger partial charge on any atom is -0.243 e. The molecule has 0 amide bonds. The van der Waals surface area contributed by atoms with E-state index in [0.29, 0.717) is 5.92 Å². The molecule has 0 heterocycles. The summed E-state index contributed by atoms with van der Waals surface area (Å²) in [5.74, 6) is 0.601. The standard InChI is InChI=1S/C18H21F/c1-4-13(2)15-5-9-17(10-6-15)18-11-7-16(8-12-18)14(3)19/h5-14H,4H2,1-3H3. The highest BCUT2D eigenvalue weighted by atomic mass is 19.1. The van der Waals surface area contributed by atoms with Crippen molar-refractivity contribution in [3.05, 3.63) is 59.7 Å². The minimum atomic E-state index is -0.901. The van der Waals surface area contributed by atoms with Gasteiger partial charge in [-0.2, -0.15) is 0 Å². The van der Waals surface area contributed by atoms with Crippen LogP contribution >= 0.6 is 0 Å². The quantitative estimate of drug-likeness (QED) is 0.639. The topological polar surface area (TPSA) is 0 Å². The summed E-state index contributed by atoms with van der Waals surface area (Å²) >= 11 is 0. The van der Waals surface area contributed by atoms with Gasteiger partial charge in [-0.15, -0.1) is 0 Å². The number of hydrogen-bond acceptors (Lipinski definition) is 0. The number of hydrogen-bond donors (Lipinski definition) is 0. The van der Waals surface area contributed by atoms with Crippen LogP contribution in [0.15, 0.2) is 48.5 Å². The van der Waals surface area contributed by atoms with Crippen LogP contribution in [0.1, 0.15) is 50.4 Å². The van der Waals surface area contributed by atoms with E-state index < -0.39 is 6.17 Å². The van der Waals surface area contributed by atoms with Gasteiger partial charge in [0.05, 0.1) is 0 Å². The summed E-state index contributed by atoms with van der Waals surface area (Å²) in [6, 6.07) is 16.4. The van der Waals surface area contributed by atoms with Crippen LogP contribution in [0.2, 0.25) is 0 Å². The molecule has 2 aromatic carbocycles. The van der Waals surface area contributed by atoms with Crippen LogP contribution in [0.3, 0.4) is 0 Å². The van der Waals surface area contributed by atoms with Gasteiger partial charge in [-0.3, -0.25) is 0 Å². The van der Waals surface area contributed by atoms with E-state index in [0.717, 1.165) is 17.5 Å². The number of rotatable bonds is 4. The number of alkyl halides is 1. The second kappa shape index (κ2) is 6.01. The summed E-state index contributed by atoms with van der Waals surface area (Å²) < 4.78 is 13.1. The van der Waals surface area contributed by atoms with Crippen molar-refractivity contribution in [2.45, 2.75) is 39.3 Å². The molecule has 2 unspecified atom stereocenters. The second-order valence-corrected chi connectivity index (χ2v) is 5.17. The van der Waals surface area contributed by atoms with Gasteiger partial charge in [0.15, 0.2) is 0 Å². The third-order valence-corrected chi connectivity index (χ3v) is 3.80. The minimum absolute atomic E-state index is 0.601. The van der Waals surface area contributed by atoms with Gasteiger partial charge < -0.3 is 0 Å². The third-order valence-electron chi connectivity index (χ3n) is 3.80. The van der Waals surface area contributed by atoms with E-state index in [9.17, 15) is 4.39 Å². The van der Waals surface area contributed by atoms with Gasteiger partial charge >= 0.3 is 0 Å². The Bertz CT molecular complexity index is 508. The second-order valence-electron chi connectivity index (χ2n) is 5.17. The van der Waals surface area contributed by atoms with Gasteiger partial charge in [0.2, 0.25) is 0 Å². The van der Waals surface area contributed by atoms with Gasteiger partial charge in [-0.05, 0) is 41.5 Å². The first-order chi connectivity index (χ1) is 9.11. The monoisotopic (exact) mass is 256 g/mol. The SMILES string of the molecule is CCC(C)c1ccc(-c2ccc(C(C)F)cc2)cc1. The molecule has 0 N–H and O–H groups in total. The Balaban J connectivity index is 2.22. The van der Waals surface area contributed by atoms with Gasteiger partial charge in [0.1, 0.15) is 6.17 Å². The Morgan fingerprint density at radius 1 is 0.789 bits per heavy atom. The van der Waals surface area contributed by atoms with E-state index in [4.69, 9.17) is 0 Å². The Morgan fingerprint density at radius 3 is 1.58 bits per heavy atom. The van der Waals surface area contributed by atoms with E-state index in [1.807, 2.05) is 24.3 Å². The van der Waals surface area contributed by atoms with Gasteiger partial charge in [0.25, 0.3) is 0 Å². The average molecular weight is 256 g/mol. The predicted molar refractivity (Wildman–Crippen MR) is 80.1 cm³/mol. The molecule has 0 bridgehead atoms. The van der Waals surface area contributed by atoms with Gasteiger partial charge in [0, 0.05) is 0 Å². The molecule has 0 aliphatic carbocycles. The lowest BCUT2D eigenvalue weighted by molar-refractivity contribution is 0.374.